The van der Waals surface area contributed by atoms with E-state index in [4.69, 9.17) is 16.7 Å². The molecule has 1 aromatic rings. The second kappa shape index (κ2) is 5.52. The van der Waals surface area contributed by atoms with E-state index in [0.29, 0.717) is 5.02 Å². The van der Waals surface area contributed by atoms with Gasteiger partial charge >= 0.3 is 5.97 Å². The predicted octanol–water partition coefficient (Wildman–Crippen LogP) is 2.51. The highest BCUT2D eigenvalue weighted by atomic mass is 35.5. The van der Waals surface area contributed by atoms with E-state index >= 15 is 0 Å². The second-order valence-corrected chi connectivity index (χ2v) is 4.95. The van der Waals surface area contributed by atoms with Crippen LogP contribution in [0.15, 0.2) is 24.3 Å². The van der Waals surface area contributed by atoms with E-state index in [1.807, 2.05) is 24.3 Å². The normalized spacial score (nSPS) is 24.5. The third-order valence-corrected chi connectivity index (χ3v) is 3.57. The SMILES string of the molecule is O=C(O)CC1CCNCC1c1cccc(Cl)c1. The van der Waals surface area contributed by atoms with Crippen LogP contribution in [0.3, 0.4) is 0 Å². The Hall–Kier alpha value is -1.06. The van der Waals surface area contributed by atoms with Crippen LogP contribution in [-0.4, -0.2) is 24.2 Å². The van der Waals surface area contributed by atoms with Crippen molar-refractivity contribution in [3.8, 4) is 0 Å². The second-order valence-electron chi connectivity index (χ2n) is 4.51. The van der Waals surface area contributed by atoms with Gasteiger partial charge in [0.15, 0.2) is 0 Å². The average molecular weight is 254 g/mol. The highest BCUT2D eigenvalue weighted by Gasteiger charge is 2.28. The van der Waals surface area contributed by atoms with Crippen LogP contribution in [0, 0.1) is 5.92 Å². The summed E-state index contributed by atoms with van der Waals surface area (Å²) >= 11 is 5.98. The Balaban J connectivity index is 2.18. The quantitative estimate of drug-likeness (QED) is 0.870. The van der Waals surface area contributed by atoms with Crippen molar-refractivity contribution in [1.29, 1.82) is 0 Å². The number of hydrogen-bond donors (Lipinski definition) is 2. The van der Waals surface area contributed by atoms with E-state index in [1.165, 1.54) is 0 Å². The lowest BCUT2D eigenvalue weighted by molar-refractivity contribution is -0.138. The van der Waals surface area contributed by atoms with Gasteiger partial charge in [-0.1, -0.05) is 23.7 Å². The van der Waals surface area contributed by atoms with Crippen molar-refractivity contribution < 1.29 is 9.90 Å². The Kier molecular flexibility index (Phi) is 4.02. The zero-order valence-corrected chi connectivity index (χ0v) is 10.3. The minimum atomic E-state index is -0.719. The van der Waals surface area contributed by atoms with Gasteiger partial charge in [-0.2, -0.15) is 0 Å². The van der Waals surface area contributed by atoms with E-state index in [9.17, 15) is 4.79 Å². The first-order valence-corrected chi connectivity index (χ1v) is 6.22. The summed E-state index contributed by atoms with van der Waals surface area (Å²) in [6.07, 6.45) is 1.14. The van der Waals surface area contributed by atoms with Crippen LogP contribution < -0.4 is 5.32 Å². The molecular formula is C13H16ClNO2. The number of nitrogens with one attached hydrogen (secondary N) is 1. The molecule has 0 aromatic heterocycles. The maximum absolute atomic E-state index is 10.9. The molecule has 0 aliphatic carbocycles. The van der Waals surface area contributed by atoms with Crippen molar-refractivity contribution in [3.05, 3.63) is 34.9 Å². The van der Waals surface area contributed by atoms with Crippen LogP contribution in [0.25, 0.3) is 0 Å². The van der Waals surface area contributed by atoms with Crippen LogP contribution >= 0.6 is 11.6 Å². The first-order valence-electron chi connectivity index (χ1n) is 5.85. The molecule has 1 saturated heterocycles. The topological polar surface area (TPSA) is 49.3 Å². The van der Waals surface area contributed by atoms with Crippen LogP contribution in [0.4, 0.5) is 0 Å². The Labute approximate surface area is 106 Å². The van der Waals surface area contributed by atoms with Crippen molar-refractivity contribution in [1.82, 2.24) is 5.32 Å². The molecule has 0 saturated carbocycles. The fourth-order valence-corrected chi connectivity index (χ4v) is 2.71. The van der Waals surface area contributed by atoms with Crippen LogP contribution in [0.2, 0.25) is 5.02 Å². The molecule has 2 atom stereocenters. The van der Waals surface area contributed by atoms with E-state index in [-0.39, 0.29) is 18.3 Å². The van der Waals surface area contributed by atoms with Crippen molar-refractivity contribution in [3.63, 3.8) is 0 Å². The Morgan fingerprint density at radius 3 is 3.06 bits per heavy atom. The van der Waals surface area contributed by atoms with E-state index in [0.717, 1.165) is 25.1 Å². The molecule has 0 bridgehead atoms. The minimum absolute atomic E-state index is 0.201. The minimum Gasteiger partial charge on any atom is -0.481 e. The van der Waals surface area contributed by atoms with Crippen LogP contribution in [0.5, 0.6) is 0 Å². The highest BCUT2D eigenvalue weighted by Crippen LogP contribution is 2.32. The summed E-state index contributed by atoms with van der Waals surface area (Å²) in [4.78, 5) is 10.9. The Bertz CT molecular complexity index is 408. The number of hydrogen-bond acceptors (Lipinski definition) is 2. The van der Waals surface area contributed by atoms with E-state index in [1.54, 1.807) is 0 Å². The molecule has 1 aromatic carbocycles. The molecule has 2 unspecified atom stereocenters. The number of carbonyl (C=O) groups is 1. The van der Waals surface area contributed by atoms with Gasteiger partial charge < -0.3 is 10.4 Å². The van der Waals surface area contributed by atoms with Crippen LogP contribution in [0.1, 0.15) is 24.3 Å². The molecule has 3 nitrogen and oxygen atoms in total. The monoisotopic (exact) mass is 253 g/mol. The standard InChI is InChI=1S/C13H16ClNO2/c14-11-3-1-2-9(6-11)12-8-15-5-4-10(12)7-13(16)17/h1-3,6,10,12,15H,4-5,7-8H2,(H,16,17). The van der Waals surface area contributed by atoms with Gasteiger partial charge in [-0.05, 0) is 42.5 Å². The smallest absolute Gasteiger partial charge is 0.303 e. The van der Waals surface area contributed by atoms with Crippen LogP contribution in [-0.2, 0) is 4.79 Å². The molecule has 0 amide bonds. The number of carboxylic acid groups (broad SMARTS) is 1. The van der Waals surface area contributed by atoms with Gasteiger partial charge in [-0.15, -0.1) is 0 Å². The van der Waals surface area contributed by atoms with Gasteiger partial charge in [-0.25, -0.2) is 0 Å². The number of aliphatic carboxylic acids is 1. The summed E-state index contributed by atoms with van der Waals surface area (Å²) in [7, 11) is 0. The van der Waals surface area contributed by atoms with Gasteiger partial charge in [0, 0.05) is 18.0 Å². The molecule has 1 aliphatic rings. The molecule has 1 fully saturated rings. The maximum Gasteiger partial charge on any atom is 0.303 e. The summed E-state index contributed by atoms with van der Waals surface area (Å²) in [6.45, 7) is 1.73. The third kappa shape index (κ3) is 3.20. The first-order chi connectivity index (χ1) is 8.16. The van der Waals surface area contributed by atoms with Gasteiger partial charge in [0.25, 0.3) is 0 Å². The molecule has 4 heteroatoms. The summed E-state index contributed by atoms with van der Waals surface area (Å²) < 4.78 is 0. The maximum atomic E-state index is 10.9. The van der Waals surface area contributed by atoms with Gasteiger partial charge in [0.2, 0.25) is 0 Å². The molecule has 2 rings (SSSR count). The van der Waals surface area contributed by atoms with Crippen molar-refractivity contribution in [2.24, 2.45) is 5.92 Å². The summed E-state index contributed by atoms with van der Waals surface area (Å²) in [5.41, 5.74) is 1.14. The summed E-state index contributed by atoms with van der Waals surface area (Å²) in [5.74, 6) is -0.269. The number of piperidine rings is 1. The largest absolute Gasteiger partial charge is 0.481 e. The average Bonchev–Trinajstić information content (AvgIpc) is 2.29. The zero-order valence-electron chi connectivity index (χ0n) is 9.53. The number of rotatable bonds is 3. The Morgan fingerprint density at radius 2 is 2.35 bits per heavy atom. The lowest BCUT2D eigenvalue weighted by Gasteiger charge is -2.31. The lowest BCUT2D eigenvalue weighted by atomic mass is 9.79. The summed E-state index contributed by atoms with van der Waals surface area (Å²) in [6, 6.07) is 7.73. The molecule has 1 aliphatic heterocycles. The van der Waals surface area contributed by atoms with Crippen molar-refractivity contribution in [2.75, 3.05) is 13.1 Å². The van der Waals surface area contributed by atoms with Crippen molar-refractivity contribution in [2.45, 2.75) is 18.8 Å². The lowest BCUT2D eigenvalue weighted by Crippen LogP contribution is -2.36. The molecular weight excluding hydrogens is 238 g/mol. The molecule has 92 valence electrons. The van der Waals surface area contributed by atoms with Gasteiger partial charge in [0.05, 0.1) is 0 Å². The molecule has 0 spiro atoms. The molecule has 1 heterocycles. The zero-order chi connectivity index (χ0) is 12.3. The first kappa shape index (κ1) is 12.4. The fraction of sp³-hybridized carbons (Fsp3) is 0.462. The predicted molar refractivity (Wildman–Crippen MR) is 67.4 cm³/mol. The fourth-order valence-electron chi connectivity index (χ4n) is 2.51. The van der Waals surface area contributed by atoms with E-state index < -0.39 is 5.97 Å². The molecule has 17 heavy (non-hydrogen) atoms. The number of carboxylic acids is 1. The highest BCUT2D eigenvalue weighted by molar-refractivity contribution is 6.30. The Morgan fingerprint density at radius 1 is 1.53 bits per heavy atom. The van der Waals surface area contributed by atoms with Gasteiger partial charge in [0.1, 0.15) is 0 Å². The van der Waals surface area contributed by atoms with E-state index in [2.05, 4.69) is 5.32 Å². The molecule has 0 radical (unpaired) electrons. The number of halogens is 1. The molecule has 2 N–H and O–H groups in total. The van der Waals surface area contributed by atoms with Crippen molar-refractivity contribution >= 4 is 17.6 Å². The summed E-state index contributed by atoms with van der Waals surface area (Å²) in [5, 5.41) is 13.0. The third-order valence-electron chi connectivity index (χ3n) is 3.34. The van der Waals surface area contributed by atoms with Gasteiger partial charge in [-0.3, -0.25) is 4.79 Å². The number of benzene rings is 1.